The molecule has 0 bridgehead atoms. The summed E-state index contributed by atoms with van der Waals surface area (Å²) in [6.07, 6.45) is 2.25. The van der Waals surface area contributed by atoms with Gasteiger partial charge in [0.25, 0.3) is 5.91 Å². The van der Waals surface area contributed by atoms with Crippen molar-refractivity contribution in [2.75, 3.05) is 57.3 Å². The summed E-state index contributed by atoms with van der Waals surface area (Å²) in [6, 6.07) is 4.34. The van der Waals surface area contributed by atoms with Gasteiger partial charge in [0.1, 0.15) is 40.3 Å². The largest absolute Gasteiger partial charge is 0.507 e. The first-order chi connectivity index (χ1) is 16.5. The van der Waals surface area contributed by atoms with Gasteiger partial charge in [-0.2, -0.15) is 0 Å². The van der Waals surface area contributed by atoms with Gasteiger partial charge in [-0.15, -0.1) is 0 Å². The van der Waals surface area contributed by atoms with Gasteiger partial charge in [-0.25, -0.2) is 9.37 Å². The standard InChI is InChI=1S/C24H27ClFN5O3/c25-20-21(18-16(26)4-1-5-17(18)32)28-23(30-10-9-29-7-2-3-14(29)12-30)19-22(20)34-13-15-11-27-6-8-31(15)24(19)33/h1,4-5,14-15,27,32H,2-3,6-13H2/t14-,15-/m1/s1. The van der Waals surface area contributed by atoms with E-state index in [0.717, 1.165) is 32.5 Å². The first-order valence-electron chi connectivity index (χ1n) is 11.9. The van der Waals surface area contributed by atoms with Crippen LogP contribution in [-0.4, -0.2) is 90.3 Å². The molecule has 1 amide bonds. The van der Waals surface area contributed by atoms with Gasteiger partial charge in [0.05, 0.1) is 11.6 Å². The van der Waals surface area contributed by atoms with E-state index in [1.54, 1.807) is 0 Å². The molecule has 4 aliphatic rings. The Bertz CT molecular complexity index is 1130. The first kappa shape index (κ1) is 21.9. The fourth-order valence-electron chi connectivity index (χ4n) is 5.68. The Labute approximate surface area is 202 Å². The molecular formula is C24H27ClFN5O3. The maximum Gasteiger partial charge on any atom is 0.261 e. The summed E-state index contributed by atoms with van der Waals surface area (Å²) < 4.78 is 21.1. The molecule has 3 fully saturated rings. The second-order valence-electron chi connectivity index (χ2n) is 9.38. The van der Waals surface area contributed by atoms with Crippen LogP contribution in [0.25, 0.3) is 11.3 Å². The highest BCUT2D eigenvalue weighted by atomic mass is 35.5. The van der Waals surface area contributed by atoms with Crippen molar-refractivity contribution in [3.05, 3.63) is 34.6 Å². The molecule has 0 spiro atoms. The Hall–Kier alpha value is -2.62. The van der Waals surface area contributed by atoms with Crippen LogP contribution in [-0.2, 0) is 0 Å². The third kappa shape index (κ3) is 3.49. The number of aromatic hydroxyl groups is 1. The molecule has 8 nitrogen and oxygen atoms in total. The molecule has 180 valence electrons. The van der Waals surface area contributed by atoms with Crippen LogP contribution in [0, 0.1) is 5.82 Å². The molecule has 1 aromatic heterocycles. The smallest absolute Gasteiger partial charge is 0.261 e. The Morgan fingerprint density at radius 2 is 2.06 bits per heavy atom. The number of nitrogens with zero attached hydrogens (tertiary/aromatic N) is 4. The molecule has 5 heterocycles. The number of benzene rings is 1. The second-order valence-corrected chi connectivity index (χ2v) is 9.76. The van der Waals surface area contributed by atoms with Crippen molar-refractivity contribution in [3.63, 3.8) is 0 Å². The fraction of sp³-hybridized carbons (Fsp3) is 0.500. The van der Waals surface area contributed by atoms with Crippen LogP contribution >= 0.6 is 11.6 Å². The number of hydrogen-bond donors (Lipinski definition) is 2. The Morgan fingerprint density at radius 3 is 2.91 bits per heavy atom. The van der Waals surface area contributed by atoms with Crippen LogP contribution < -0.4 is 15.0 Å². The van der Waals surface area contributed by atoms with E-state index < -0.39 is 5.82 Å². The van der Waals surface area contributed by atoms with Crippen molar-refractivity contribution < 1.29 is 19.0 Å². The highest BCUT2D eigenvalue weighted by molar-refractivity contribution is 6.35. The van der Waals surface area contributed by atoms with Gasteiger partial charge in [0.2, 0.25) is 0 Å². The molecule has 2 aromatic rings. The topological polar surface area (TPSA) is 81.2 Å². The molecule has 34 heavy (non-hydrogen) atoms. The quantitative estimate of drug-likeness (QED) is 0.673. The van der Waals surface area contributed by atoms with E-state index in [0.29, 0.717) is 43.6 Å². The first-order valence-corrected chi connectivity index (χ1v) is 12.3. The lowest BCUT2D eigenvalue weighted by Gasteiger charge is -2.39. The van der Waals surface area contributed by atoms with Crippen LogP contribution in [0.2, 0.25) is 5.02 Å². The number of nitrogens with one attached hydrogen (secondary N) is 1. The predicted octanol–water partition coefficient (Wildman–Crippen LogP) is 2.34. The van der Waals surface area contributed by atoms with E-state index in [-0.39, 0.29) is 46.3 Å². The van der Waals surface area contributed by atoms with Crippen molar-refractivity contribution in [1.82, 2.24) is 20.1 Å². The van der Waals surface area contributed by atoms with Crippen LogP contribution in [0.4, 0.5) is 10.2 Å². The van der Waals surface area contributed by atoms with Crippen LogP contribution in [0.5, 0.6) is 11.5 Å². The SMILES string of the molecule is O=C1c2c(N3CCN4CCC[C@@H]4C3)nc(-c3c(O)cccc3F)c(Cl)c2OC[C@H]2CNCCN12. The van der Waals surface area contributed by atoms with Gasteiger partial charge in [0.15, 0.2) is 5.75 Å². The van der Waals surface area contributed by atoms with Gasteiger partial charge >= 0.3 is 0 Å². The summed E-state index contributed by atoms with van der Waals surface area (Å²) >= 11 is 6.76. The number of halogens is 2. The monoisotopic (exact) mass is 487 g/mol. The normalized spacial score (nSPS) is 24.8. The van der Waals surface area contributed by atoms with Crippen molar-refractivity contribution in [2.45, 2.75) is 24.9 Å². The number of carbonyl (C=O) groups excluding carboxylic acids is 1. The van der Waals surface area contributed by atoms with E-state index in [1.165, 1.54) is 18.2 Å². The van der Waals surface area contributed by atoms with Gasteiger partial charge in [0, 0.05) is 45.3 Å². The van der Waals surface area contributed by atoms with E-state index >= 15 is 0 Å². The van der Waals surface area contributed by atoms with Crippen molar-refractivity contribution >= 4 is 23.3 Å². The molecule has 2 atom stereocenters. The maximum atomic E-state index is 14.9. The number of phenols is 1. The number of anilines is 1. The van der Waals surface area contributed by atoms with Gasteiger partial charge in [-0.3, -0.25) is 9.69 Å². The number of phenolic OH excluding ortho intramolecular Hbond substituents is 1. The molecule has 3 saturated heterocycles. The summed E-state index contributed by atoms with van der Waals surface area (Å²) in [5, 5.41) is 13.8. The Morgan fingerprint density at radius 1 is 1.18 bits per heavy atom. The zero-order valence-electron chi connectivity index (χ0n) is 18.8. The predicted molar refractivity (Wildman–Crippen MR) is 126 cm³/mol. The second kappa shape index (κ2) is 8.55. The van der Waals surface area contributed by atoms with E-state index in [1.807, 2.05) is 4.90 Å². The Balaban J connectivity index is 1.54. The number of aromatic nitrogens is 1. The molecule has 0 radical (unpaired) electrons. The average molecular weight is 488 g/mol. The summed E-state index contributed by atoms with van der Waals surface area (Å²) in [5.74, 6) is -0.392. The number of rotatable bonds is 2. The summed E-state index contributed by atoms with van der Waals surface area (Å²) in [4.78, 5) is 25.0. The molecular weight excluding hydrogens is 461 g/mol. The van der Waals surface area contributed by atoms with Crippen molar-refractivity contribution in [3.8, 4) is 22.8 Å². The lowest BCUT2D eigenvalue weighted by atomic mass is 10.0. The summed E-state index contributed by atoms with van der Waals surface area (Å²) in [7, 11) is 0. The third-order valence-corrected chi connectivity index (χ3v) is 7.79. The van der Waals surface area contributed by atoms with Crippen LogP contribution in [0.3, 0.4) is 0 Å². The Kier molecular flexibility index (Phi) is 5.50. The zero-order chi connectivity index (χ0) is 23.4. The van der Waals surface area contributed by atoms with Crippen molar-refractivity contribution in [1.29, 1.82) is 0 Å². The minimum Gasteiger partial charge on any atom is -0.507 e. The van der Waals surface area contributed by atoms with Gasteiger partial charge in [-0.05, 0) is 31.5 Å². The highest BCUT2D eigenvalue weighted by Gasteiger charge is 2.40. The lowest BCUT2D eigenvalue weighted by molar-refractivity contribution is 0.0606. The number of fused-ring (bicyclic) bond motifs is 3. The molecule has 1 aromatic carbocycles. The minimum atomic E-state index is -0.637. The van der Waals surface area contributed by atoms with Crippen LogP contribution in [0.1, 0.15) is 23.2 Å². The molecule has 6 rings (SSSR count). The number of hydrogen-bond acceptors (Lipinski definition) is 7. The van der Waals surface area contributed by atoms with Crippen molar-refractivity contribution in [2.24, 2.45) is 0 Å². The number of pyridine rings is 1. The lowest BCUT2D eigenvalue weighted by Crippen LogP contribution is -2.55. The molecule has 0 aliphatic carbocycles. The van der Waals surface area contributed by atoms with E-state index in [4.69, 9.17) is 21.3 Å². The molecule has 0 unspecified atom stereocenters. The number of amides is 1. The number of ether oxygens (including phenoxy) is 1. The number of piperazine rings is 2. The van der Waals surface area contributed by atoms with Gasteiger partial charge in [-0.1, -0.05) is 17.7 Å². The van der Waals surface area contributed by atoms with E-state index in [2.05, 4.69) is 15.1 Å². The van der Waals surface area contributed by atoms with E-state index in [9.17, 15) is 14.3 Å². The molecule has 10 heteroatoms. The van der Waals surface area contributed by atoms with Gasteiger partial charge < -0.3 is 25.0 Å². The third-order valence-electron chi connectivity index (χ3n) is 7.44. The highest BCUT2D eigenvalue weighted by Crippen LogP contribution is 2.46. The molecule has 2 N–H and O–H groups in total. The summed E-state index contributed by atoms with van der Waals surface area (Å²) in [5.41, 5.74) is 0.335. The summed E-state index contributed by atoms with van der Waals surface area (Å²) in [6.45, 7) is 5.54. The minimum absolute atomic E-state index is 0.0415. The average Bonchev–Trinajstić information content (AvgIpc) is 3.25. The zero-order valence-corrected chi connectivity index (χ0v) is 19.5. The van der Waals surface area contributed by atoms with Crippen LogP contribution in [0.15, 0.2) is 18.2 Å². The number of carbonyl (C=O) groups is 1. The maximum absolute atomic E-state index is 14.9. The molecule has 0 saturated carbocycles. The molecule has 4 aliphatic heterocycles. The fourth-order valence-corrected chi connectivity index (χ4v) is 5.97.